The van der Waals surface area contributed by atoms with Crippen LogP contribution in [0.25, 0.3) is 0 Å². The van der Waals surface area contributed by atoms with Crippen molar-refractivity contribution in [3.05, 3.63) is 47.5 Å². The summed E-state index contributed by atoms with van der Waals surface area (Å²) in [6, 6.07) is 7.55. The van der Waals surface area contributed by atoms with E-state index in [0.29, 0.717) is 11.6 Å². The van der Waals surface area contributed by atoms with Gasteiger partial charge in [0.1, 0.15) is 12.7 Å². The van der Waals surface area contributed by atoms with Crippen LogP contribution >= 0.6 is 11.6 Å². The number of likely N-dealkylation sites (N-methyl/N-ethyl adjacent to an activating group) is 1. The van der Waals surface area contributed by atoms with Gasteiger partial charge in [-0.2, -0.15) is 5.10 Å². The number of halogens is 1. The van der Waals surface area contributed by atoms with Crippen molar-refractivity contribution in [3.63, 3.8) is 0 Å². The molecule has 124 valence electrons. The lowest BCUT2D eigenvalue weighted by Crippen LogP contribution is -2.47. The summed E-state index contributed by atoms with van der Waals surface area (Å²) in [5, 5.41) is 4.87. The van der Waals surface area contributed by atoms with Crippen LogP contribution in [0, 0.1) is 0 Å². The standard InChI is InChI=1S/C17H23ClN4O/c1-4-5-10-17(16(23)21(2)3,11-22-13-19-12-20-22)14-6-8-15(18)9-7-14/h6-9,12-13H,4-5,10-11H2,1-3H3. The fourth-order valence-corrected chi connectivity index (χ4v) is 3.01. The second-order valence-electron chi connectivity index (χ2n) is 5.99. The minimum atomic E-state index is -0.669. The Labute approximate surface area is 142 Å². The lowest BCUT2D eigenvalue weighted by atomic mass is 9.75. The summed E-state index contributed by atoms with van der Waals surface area (Å²) in [5.41, 5.74) is 0.294. The van der Waals surface area contributed by atoms with Gasteiger partial charge in [-0.1, -0.05) is 43.5 Å². The van der Waals surface area contributed by atoms with E-state index in [1.807, 2.05) is 24.3 Å². The lowest BCUT2D eigenvalue weighted by Gasteiger charge is -2.35. The Morgan fingerprint density at radius 1 is 1.30 bits per heavy atom. The molecule has 0 fully saturated rings. The van der Waals surface area contributed by atoms with Crippen molar-refractivity contribution in [3.8, 4) is 0 Å². The normalized spacial score (nSPS) is 13.6. The molecule has 0 aliphatic heterocycles. The molecule has 23 heavy (non-hydrogen) atoms. The summed E-state index contributed by atoms with van der Waals surface area (Å²) in [4.78, 5) is 18.8. The summed E-state index contributed by atoms with van der Waals surface area (Å²) in [5.74, 6) is 0.0729. The van der Waals surface area contributed by atoms with Gasteiger partial charge in [-0.3, -0.25) is 9.48 Å². The van der Waals surface area contributed by atoms with Crippen molar-refractivity contribution in [2.24, 2.45) is 0 Å². The van der Waals surface area contributed by atoms with Crippen LogP contribution in [0.1, 0.15) is 31.7 Å². The average molecular weight is 335 g/mol. The van der Waals surface area contributed by atoms with Crippen molar-refractivity contribution in [2.75, 3.05) is 14.1 Å². The molecule has 5 nitrogen and oxygen atoms in total. The van der Waals surface area contributed by atoms with Gasteiger partial charge < -0.3 is 4.90 Å². The van der Waals surface area contributed by atoms with Gasteiger partial charge in [-0.15, -0.1) is 0 Å². The van der Waals surface area contributed by atoms with Gasteiger partial charge in [0.15, 0.2) is 0 Å². The molecule has 0 bridgehead atoms. The molecule has 1 amide bonds. The number of amides is 1. The molecular formula is C17H23ClN4O. The number of hydrogen-bond acceptors (Lipinski definition) is 3. The second kappa shape index (κ2) is 7.59. The highest BCUT2D eigenvalue weighted by Crippen LogP contribution is 2.34. The van der Waals surface area contributed by atoms with Crippen LogP contribution in [-0.2, 0) is 16.8 Å². The minimum absolute atomic E-state index is 0.0729. The highest BCUT2D eigenvalue weighted by atomic mass is 35.5. The van der Waals surface area contributed by atoms with Crippen molar-refractivity contribution >= 4 is 17.5 Å². The van der Waals surface area contributed by atoms with Crippen molar-refractivity contribution < 1.29 is 4.79 Å². The molecule has 0 saturated carbocycles. The monoisotopic (exact) mass is 334 g/mol. The maximum Gasteiger partial charge on any atom is 0.234 e. The van der Waals surface area contributed by atoms with E-state index in [2.05, 4.69) is 17.0 Å². The number of benzene rings is 1. The second-order valence-corrected chi connectivity index (χ2v) is 6.42. The molecule has 0 saturated heterocycles. The largest absolute Gasteiger partial charge is 0.348 e. The van der Waals surface area contributed by atoms with Crippen molar-refractivity contribution in [1.29, 1.82) is 0 Å². The van der Waals surface area contributed by atoms with E-state index >= 15 is 0 Å². The van der Waals surface area contributed by atoms with E-state index in [9.17, 15) is 4.79 Å². The maximum atomic E-state index is 13.1. The number of aromatic nitrogens is 3. The molecule has 1 heterocycles. The van der Waals surface area contributed by atoms with E-state index in [-0.39, 0.29) is 5.91 Å². The predicted octanol–water partition coefficient (Wildman–Crippen LogP) is 3.15. The van der Waals surface area contributed by atoms with Gasteiger partial charge >= 0.3 is 0 Å². The summed E-state index contributed by atoms with van der Waals surface area (Å²) in [6.07, 6.45) is 5.87. The molecule has 2 rings (SSSR count). The Balaban J connectivity index is 2.51. The quantitative estimate of drug-likeness (QED) is 0.781. The van der Waals surface area contributed by atoms with Gasteiger partial charge in [0.05, 0.1) is 12.0 Å². The summed E-state index contributed by atoms with van der Waals surface area (Å²) >= 11 is 6.03. The summed E-state index contributed by atoms with van der Waals surface area (Å²) in [7, 11) is 3.58. The van der Waals surface area contributed by atoms with Gasteiger partial charge in [-0.25, -0.2) is 4.98 Å². The third-order valence-electron chi connectivity index (χ3n) is 4.07. The molecule has 1 aromatic heterocycles. The third-order valence-corrected chi connectivity index (χ3v) is 4.32. The zero-order valence-corrected chi connectivity index (χ0v) is 14.6. The van der Waals surface area contributed by atoms with E-state index in [4.69, 9.17) is 11.6 Å². The summed E-state index contributed by atoms with van der Waals surface area (Å²) in [6.45, 7) is 2.59. The molecule has 0 aliphatic rings. The van der Waals surface area contributed by atoms with Crippen LogP contribution in [-0.4, -0.2) is 39.7 Å². The third kappa shape index (κ3) is 3.91. The van der Waals surface area contributed by atoms with Crippen LogP contribution in [0.4, 0.5) is 0 Å². The molecule has 1 aromatic carbocycles. The number of hydrogen-bond donors (Lipinski definition) is 0. The van der Waals surface area contributed by atoms with E-state index in [0.717, 1.165) is 24.8 Å². The Hall–Kier alpha value is -1.88. The first-order chi connectivity index (χ1) is 11.0. The van der Waals surface area contributed by atoms with Gasteiger partial charge in [0.2, 0.25) is 5.91 Å². The molecule has 0 aliphatic carbocycles. The van der Waals surface area contributed by atoms with Gasteiger partial charge in [-0.05, 0) is 24.1 Å². The topological polar surface area (TPSA) is 51.0 Å². The first-order valence-electron chi connectivity index (χ1n) is 7.80. The zero-order chi connectivity index (χ0) is 16.9. The molecular weight excluding hydrogens is 312 g/mol. The van der Waals surface area contributed by atoms with Gasteiger partial charge in [0.25, 0.3) is 0 Å². The molecule has 0 spiro atoms. The minimum Gasteiger partial charge on any atom is -0.348 e. The number of carbonyl (C=O) groups excluding carboxylic acids is 1. The lowest BCUT2D eigenvalue weighted by molar-refractivity contribution is -0.136. The predicted molar refractivity (Wildman–Crippen MR) is 91.4 cm³/mol. The first-order valence-corrected chi connectivity index (χ1v) is 8.17. The molecule has 6 heteroatoms. The smallest absolute Gasteiger partial charge is 0.234 e. The first kappa shape index (κ1) is 17.5. The molecule has 0 N–H and O–H groups in total. The maximum absolute atomic E-state index is 13.1. The molecule has 1 atom stereocenters. The van der Waals surface area contributed by atoms with Crippen LogP contribution in [0.15, 0.2) is 36.9 Å². The van der Waals surface area contributed by atoms with Crippen molar-refractivity contribution in [1.82, 2.24) is 19.7 Å². The Morgan fingerprint density at radius 3 is 2.52 bits per heavy atom. The van der Waals surface area contributed by atoms with Gasteiger partial charge in [0, 0.05) is 19.1 Å². The van der Waals surface area contributed by atoms with Crippen molar-refractivity contribution in [2.45, 2.75) is 38.1 Å². The Bertz CT molecular complexity index is 625. The van der Waals surface area contributed by atoms with E-state index in [1.165, 1.54) is 6.33 Å². The van der Waals surface area contributed by atoms with Crippen LogP contribution in [0.5, 0.6) is 0 Å². The fraction of sp³-hybridized carbons (Fsp3) is 0.471. The Morgan fingerprint density at radius 2 is 2.00 bits per heavy atom. The SMILES string of the molecule is CCCCC(Cn1cncn1)(C(=O)N(C)C)c1ccc(Cl)cc1. The number of unbranched alkanes of at least 4 members (excludes halogenated alkanes) is 1. The number of carbonyl (C=O) groups is 1. The fourth-order valence-electron chi connectivity index (χ4n) is 2.88. The number of rotatable bonds is 7. The van der Waals surface area contributed by atoms with E-state index in [1.54, 1.807) is 30.0 Å². The molecule has 0 radical (unpaired) electrons. The summed E-state index contributed by atoms with van der Waals surface area (Å²) < 4.78 is 1.73. The Kier molecular flexibility index (Phi) is 5.77. The number of nitrogens with zero attached hydrogens (tertiary/aromatic N) is 4. The molecule has 2 aromatic rings. The zero-order valence-electron chi connectivity index (χ0n) is 13.9. The highest BCUT2D eigenvalue weighted by Gasteiger charge is 2.41. The van der Waals surface area contributed by atoms with Crippen LogP contribution < -0.4 is 0 Å². The average Bonchev–Trinajstić information content (AvgIpc) is 3.04. The molecule has 1 unspecified atom stereocenters. The van der Waals surface area contributed by atoms with Crippen LogP contribution in [0.2, 0.25) is 5.02 Å². The van der Waals surface area contributed by atoms with E-state index < -0.39 is 5.41 Å². The highest BCUT2D eigenvalue weighted by molar-refractivity contribution is 6.30. The van der Waals surface area contributed by atoms with Crippen LogP contribution in [0.3, 0.4) is 0 Å².